The van der Waals surface area contributed by atoms with Gasteiger partial charge >= 0.3 is 6.09 Å². The number of nitrogens with one attached hydrogen (secondary N) is 2. The van der Waals surface area contributed by atoms with Gasteiger partial charge in [0.25, 0.3) is 0 Å². The highest BCUT2D eigenvalue weighted by Crippen LogP contribution is 2.21. The Hall–Kier alpha value is -1.69. The minimum atomic E-state index is -0.449. The van der Waals surface area contributed by atoms with E-state index in [0.29, 0.717) is 12.6 Å². The summed E-state index contributed by atoms with van der Waals surface area (Å²) in [6.07, 6.45) is 5.05. The van der Waals surface area contributed by atoms with Gasteiger partial charge in [-0.2, -0.15) is 0 Å². The normalized spacial score (nSPS) is 21.5. The monoisotopic (exact) mass is 292 g/mol. The van der Waals surface area contributed by atoms with Gasteiger partial charge in [0.2, 0.25) is 0 Å². The molecule has 6 nitrogen and oxygen atoms in total. The molecule has 0 aliphatic heterocycles. The fraction of sp³-hybridized carbons (Fsp3) is 0.667. The fourth-order valence-electron chi connectivity index (χ4n) is 2.14. The Bertz CT molecular complexity index is 475. The number of aromatic nitrogens is 2. The zero-order valence-corrected chi connectivity index (χ0v) is 13.1. The van der Waals surface area contributed by atoms with Gasteiger partial charge in [0, 0.05) is 31.0 Å². The van der Waals surface area contributed by atoms with Crippen LogP contribution in [0.2, 0.25) is 0 Å². The zero-order valence-electron chi connectivity index (χ0n) is 13.1. The average Bonchev–Trinajstić information content (AvgIpc) is 2.31. The van der Waals surface area contributed by atoms with E-state index in [0.717, 1.165) is 24.2 Å². The fourth-order valence-corrected chi connectivity index (χ4v) is 2.14. The third kappa shape index (κ3) is 5.30. The van der Waals surface area contributed by atoms with Crippen LogP contribution in [0.15, 0.2) is 12.4 Å². The van der Waals surface area contributed by atoms with E-state index >= 15 is 0 Å². The summed E-state index contributed by atoms with van der Waals surface area (Å²) in [6.45, 7) is 8.21. The quantitative estimate of drug-likeness (QED) is 0.887. The minimum absolute atomic E-state index is 0.196. The first-order chi connectivity index (χ1) is 9.82. The summed E-state index contributed by atoms with van der Waals surface area (Å²) in [5.74, 6) is 0. The topological polar surface area (TPSA) is 76.1 Å². The molecule has 0 saturated heterocycles. The highest BCUT2D eigenvalue weighted by molar-refractivity contribution is 5.68. The molecule has 1 fully saturated rings. The third-order valence-electron chi connectivity index (χ3n) is 3.27. The van der Waals surface area contributed by atoms with Crippen LogP contribution in [0.4, 0.5) is 4.79 Å². The summed E-state index contributed by atoms with van der Waals surface area (Å²) in [7, 11) is 0. The number of hydrogen-bond acceptors (Lipinski definition) is 5. The van der Waals surface area contributed by atoms with E-state index in [-0.39, 0.29) is 12.1 Å². The van der Waals surface area contributed by atoms with Gasteiger partial charge in [-0.1, -0.05) is 0 Å². The Balaban J connectivity index is 1.63. The van der Waals surface area contributed by atoms with Gasteiger partial charge in [0.15, 0.2) is 0 Å². The second-order valence-corrected chi connectivity index (χ2v) is 6.54. The third-order valence-corrected chi connectivity index (χ3v) is 3.27. The average molecular weight is 292 g/mol. The molecule has 1 aliphatic rings. The van der Waals surface area contributed by atoms with Crippen LogP contribution < -0.4 is 10.6 Å². The molecule has 1 amide bonds. The molecule has 0 atom stereocenters. The Morgan fingerprint density at radius 3 is 2.57 bits per heavy atom. The standard InChI is InChI=1S/C15H24N4O2/c1-10-7-17-13(8-16-10)9-18-11-5-12(6-11)19-14(20)21-15(2,3)4/h7-8,11-12,18H,5-6,9H2,1-4H3,(H,19,20). The van der Waals surface area contributed by atoms with Gasteiger partial charge in [-0.3, -0.25) is 9.97 Å². The van der Waals surface area contributed by atoms with Crippen molar-refractivity contribution >= 4 is 6.09 Å². The van der Waals surface area contributed by atoms with Crippen LogP contribution in [-0.4, -0.2) is 33.7 Å². The van der Waals surface area contributed by atoms with Crippen molar-refractivity contribution in [3.8, 4) is 0 Å². The Kier molecular flexibility index (Phi) is 4.77. The SMILES string of the molecule is Cc1cnc(CNC2CC(NC(=O)OC(C)(C)C)C2)cn1. The van der Waals surface area contributed by atoms with Crippen molar-refractivity contribution in [1.29, 1.82) is 0 Å². The largest absolute Gasteiger partial charge is 0.444 e. The number of hydrogen-bond donors (Lipinski definition) is 2. The van der Waals surface area contributed by atoms with E-state index in [2.05, 4.69) is 20.6 Å². The molecule has 0 unspecified atom stereocenters. The van der Waals surface area contributed by atoms with E-state index < -0.39 is 5.60 Å². The number of alkyl carbamates (subject to hydrolysis) is 1. The molecule has 0 bridgehead atoms. The molecule has 1 aromatic heterocycles. The van der Waals surface area contributed by atoms with E-state index in [1.54, 1.807) is 12.4 Å². The lowest BCUT2D eigenvalue weighted by Gasteiger charge is -2.36. The highest BCUT2D eigenvalue weighted by atomic mass is 16.6. The van der Waals surface area contributed by atoms with Crippen molar-refractivity contribution in [1.82, 2.24) is 20.6 Å². The van der Waals surface area contributed by atoms with Crippen LogP contribution >= 0.6 is 0 Å². The van der Waals surface area contributed by atoms with Crippen molar-refractivity contribution in [3.63, 3.8) is 0 Å². The van der Waals surface area contributed by atoms with E-state index in [1.165, 1.54) is 0 Å². The molecule has 0 radical (unpaired) electrons. The molecule has 21 heavy (non-hydrogen) atoms. The molecular formula is C15H24N4O2. The van der Waals surface area contributed by atoms with Crippen LogP contribution in [0.3, 0.4) is 0 Å². The van der Waals surface area contributed by atoms with Crippen LogP contribution in [0.25, 0.3) is 0 Å². The van der Waals surface area contributed by atoms with Gasteiger partial charge in [-0.05, 0) is 40.5 Å². The lowest BCUT2D eigenvalue weighted by molar-refractivity contribution is 0.0465. The Labute approximate surface area is 125 Å². The van der Waals surface area contributed by atoms with Gasteiger partial charge < -0.3 is 15.4 Å². The van der Waals surface area contributed by atoms with Crippen molar-refractivity contribution in [3.05, 3.63) is 23.8 Å². The molecule has 116 valence electrons. The first-order valence-corrected chi connectivity index (χ1v) is 7.32. The summed E-state index contributed by atoms with van der Waals surface area (Å²) < 4.78 is 5.23. The smallest absolute Gasteiger partial charge is 0.407 e. The summed E-state index contributed by atoms with van der Waals surface area (Å²) in [4.78, 5) is 20.1. The Morgan fingerprint density at radius 1 is 1.29 bits per heavy atom. The van der Waals surface area contributed by atoms with Crippen molar-refractivity contribution < 1.29 is 9.53 Å². The molecule has 1 saturated carbocycles. The summed E-state index contributed by atoms with van der Waals surface area (Å²) >= 11 is 0. The minimum Gasteiger partial charge on any atom is -0.444 e. The van der Waals surface area contributed by atoms with Gasteiger partial charge in [-0.25, -0.2) is 4.79 Å². The summed E-state index contributed by atoms with van der Waals surface area (Å²) in [6, 6.07) is 0.606. The Morgan fingerprint density at radius 2 is 2.00 bits per heavy atom. The zero-order chi connectivity index (χ0) is 15.5. The second-order valence-electron chi connectivity index (χ2n) is 6.54. The molecule has 6 heteroatoms. The molecule has 0 aromatic carbocycles. The molecule has 1 aliphatic carbocycles. The van der Waals surface area contributed by atoms with Crippen LogP contribution in [0.1, 0.15) is 45.0 Å². The number of aryl methyl sites for hydroxylation is 1. The first-order valence-electron chi connectivity index (χ1n) is 7.32. The molecular weight excluding hydrogens is 268 g/mol. The predicted molar refractivity (Wildman–Crippen MR) is 79.8 cm³/mol. The van der Waals surface area contributed by atoms with Crippen LogP contribution in [0, 0.1) is 6.92 Å². The molecule has 1 aromatic rings. The van der Waals surface area contributed by atoms with Crippen LogP contribution in [0.5, 0.6) is 0 Å². The molecule has 1 heterocycles. The predicted octanol–water partition coefficient (Wildman–Crippen LogP) is 1.93. The maximum Gasteiger partial charge on any atom is 0.407 e. The highest BCUT2D eigenvalue weighted by Gasteiger charge is 2.31. The van der Waals surface area contributed by atoms with E-state index in [1.807, 2.05) is 27.7 Å². The molecule has 2 N–H and O–H groups in total. The number of nitrogens with zero attached hydrogens (tertiary/aromatic N) is 2. The van der Waals surface area contributed by atoms with Gasteiger partial charge in [-0.15, -0.1) is 0 Å². The second kappa shape index (κ2) is 6.39. The summed E-state index contributed by atoms with van der Waals surface area (Å²) in [5, 5.41) is 6.29. The maximum absolute atomic E-state index is 11.6. The molecule has 2 rings (SSSR count). The number of rotatable bonds is 4. The van der Waals surface area contributed by atoms with E-state index in [9.17, 15) is 4.79 Å². The van der Waals surface area contributed by atoms with Gasteiger partial charge in [0.1, 0.15) is 5.60 Å². The first kappa shape index (κ1) is 15.7. The lowest BCUT2D eigenvalue weighted by Crippen LogP contribution is -2.53. The molecule has 0 spiro atoms. The van der Waals surface area contributed by atoms with Gasteiger partial charge in [0.05, 0.1) is 11.4 Å². The maximum atomic E-state index is 11.6. The summed E-state index contributed by atoms with van der Waals surface area (Å²) in [5.41, 5.74) is 1.41. The lowest BCUT2D eigenvalue weighted by atomic mass is 9.87. The van der Waals surface area contributed by atoms with Crippen molar-refractivity contribution in [2.45, 2.75) is 64.8 Å². The number of amides is 1. The van der Waals surface area contributed by atoms with E-state index in [4.69, 9.17) is 4.74 Å². The number of ether oxygens (including phenoxy) is 1. The van der Waals surface area contributed by atoms with Crippen molar-refractivity contribution in [2.24, 2.45) is 0 Å². The number of carbonyl (C=O) groups is 1. The number of carbonyl (C=O) groups excluding carboxylic acids is 1. The van der Waals surface area contributed by atoms with Crippen LogP contribution in [-0.2, 0) is 11.3 Å². The van der Waals surface area contributed by atoms with Crippen molar-refractivity contribution in [2.75, 3.05) is 0 Å².